The lowest BCUT2D eigenvalue weighted by molar-refractivity contribution is -0.121. The van der Waals surface area contributed by atoms with Crippen molar-refractivity contribution in [2.75, 3.05) is 0 Å². The molecule has 2 heterocycles. The van der Waals surface area contributed by atoms with Crippen LogP contribution in [0.2, 0.25) is 0 Å². The molecule has 1 saturated heterocycles. The largest absolute Gasteiger partial charge is 0.356 e. The molecule has 1 aliphatic rings. The van der Waals surface area contributed by atoms with Gasteiger partial charge in [-0.1, -0.05) is 11.2 Å². The number of amides is 1. The smallest absolute Gasteiger partial charge is 0.226 e. The Hall–Kier alpha value is -1.88. The van der Waals surface area contributed by atoms with Crippen molar-refractivity contribution in [3.8, 4) is 0 Å². The summed E-state index contributed by atoms with van der Waals surface area (Å²) in [7, 11) is 0. The van der Waals surface area contributed by atoms with E-state index in [2.05, 4.69) is 49.6 Å². The average molecular weight is 343 g/mol. The molecule has 25 heavy (non-hydrogen) atoms. The van der Waals surface area contributed by atoms with Gasteiger partial charge >= 0.3 is 0 Å². The number of aryl methyl sites for hydroxylation is 2. The molecule has 2 aromatic rings. The standard InChI is InChI=1S/C20H29N3O2/c1-12-7-13(2)18-15(8-12)16(22-25-18)9-17(24)21-14-10-19(3,4)23-20(5,6)11-14/h7-8,14,23H,9-11H2,1-6H3,(H,21,24). The van der Waals surface area contributed by atoms with Gasteiger partial charge in [-0.2, -0.15) is 0 Å². The molecule has 2 N–H and O–H groups in total. The first-order valence-electron chi connectivity index (χ1n) is 8.99. The highest BCUT2D eigenvalue weighted by Gasteiger charge is 2.38. The Labute approximate surface area is 149 Å². The molecule has 1 aliphatic heterocycles. The molecule has 0 saturated carbocycles. The summed E-state index contributed by atoms with van der Waals surface area (Å²) in [6.45, 7) is 12.8. The van der Waals surface area contributed by atoms with Crippen LogP contribution in [-0.4, -0.2) is 28.2 Å². The predicted octanol–water partition coefficient (Wildman–Crippen LogP) is 3.41. The fourth-order valence-electron chi connectivity index (χ4n) is 4.42. The van der Waals surface area contributed by atoms with Gasteiger partial charge in [-0.05, 0) is 71.6 Å². The minimum absolute atomic E-state index is 0.00728. The van der Waals surface area contributed by atoms with Gasteiger partial charge in [0.25, 0.3) is 0 Å². The highest BCUT2D eigenvalue weighted by Crippen LogP contribution is 2.29. The van der Waals surface area contributed by atoms with Crippen LogP contribution in [0, 0.1) is 13.8 Å². The van der Waals surface area contributed by atoms with Crippen molar-refractivity contribution in [2.45, 2.75) is 77.9 Å². The zero-order valence-electron chi connectivity index (χ0n) is 16.1. The lowest BCUT2D eigenvalue weighted by atomic mass is 9.79. The second-order valence-corrected chi connectivity index (χ2v) is 8.83. The van der Waals surface area contributed by atoms with Gasteiger partial charge in [-0.25, -0.2) is 0 Å². The quantitative estimate of drug-likeness (QED) is 0.896. The van der Waals surface area contributed by atoms with E-state index in [1.54, 1.807) is 0 Å². The molecule has 0 radical (unpaired) electrons. The third-order valence-corrected chi connectivity index (χ3v) is 4.86. The number of rotatable bonds is 3. The Morgan fingerprint density at radius 3 is 2.52 bits per heavy atom. The van der Waals surface area contributed by atoms with Crippen molar-refractivity contribution < 1.29 is 9.32 Å². The first-order valence-corrected chi connectivity index (χ1v) is 8.99. The first kappa shape index (κ1) is 17.9. The lowest BCUT2D eigenvalue weighted by Gasteiger charge is -2.46. The summed E-state index contributed by atoms with van der Waals surface area (Å²) in [5.41, 5.74) is 3.71. The van der Waals surface area contributed by atoms with Crippen molar-refractivity contribution in [3.63, 3.8) is 0 Å². The van der Waals surface area contributed by atoms with Gasteiger partial charge in [0, 0.05) is 22.5 Å². The summed E-state index contributed by atoms with van der Waals surface area (Å²) in [5.74, 6) is 0.00728. The second-order valence-electron chi connectivity index (χ2n) is 8.83. The molecule has 0 unspecified atom stereocenters. The van der Waals surface area contributed by atoms with Crippen molar-refractivity contribution in [1.29, 1.82) is 0 Å². The molecule has 0 aliphatic carbocycles. The van der Waals surface area contributed by atoms with Gasteiger partial charge in [0.15, 0.2) is 5.58 Å². The van der Waals surface area contributed by atoms with Gasteiger partial charge in [0.2, 0.25) is 5.91 Å². The van der Waals surface area contributed by atoms with E-state index < -0.39 is 0 Å². The third-order valence-electron chi connectivity index (χ3n) is 4.86. The Balaban J connectivity index is 1.73. The van der Waals surface area contributed by atoms with E-state index in [0.717, 1.165) is 34.9 Å². The summed E-state index contributed by atoms with van der Waals surface area (Å²) in [6.07, 6.45) is 2.08. The number of aromatic nitrogens is 1. The lowest BCUT2D eigenvalue weighted by Crippen LogP contribution is -2.62. The molecule has 1 aromatic carbocycles. The van der Waals surface area contributed by atoms with Crippen LogP contribution >= 0.6 is 0 Å². The van der Waals surface area contributed by atoms with Gasteiger partial charge in [-0.15, -0.1) is 0 Å². The molecule has 1 aromatic heterocycles. The van der Waals surface area contributed by atoms with Gasteiger partial charge in [0.05, 0.1) is 6.42 Å². The van der Waals surface area contributed by atoms with E-state index in [1.807, 2.05) is 19.9 Å². The molecule has 0 spiro atoms. The number of carbonyl (C=O) groups excluding carboxylic acids is 1. The number of hydrogen-bond acceptors (Lipinski definition) is 4. The summed E-state index contributed by atoms with van der Waals surface area (Å²) in [5, 5.41) is 11.9. The highest BCUT2D eigenvalue weighted by atomic mass is 16.5. The summed E-state index contributed by atoms with van der Waals surface area (Å²) >= 11 is 0. The fraction of sp³-hybridized carbons (Fsp3) is 0.600. The van der Waals surface area contributed by atoms with E-state index in [4.69, 9.17) is 4.52 Å². The van der Waals surface area contributed by atoms with E-state index >= 15 is 0 Å². The van der Waals surface area contributed by atoms with E-state index in [-0.39, 0.29) is 29.4 Å². The minimum atomic E-state index is 0.00728. The Bertz CT molecular complexity index is 789. The SMILES string of the molecule is Cc1cc(C)c2onc(CC(=O)NC3CC(C)(C)NC(C)(C)C3)c2c1. The van der Waals surface area contributed by atoms with Gasteiger partial charge < -0.3 is 15.2 Å². The Kier molecular flexibility index (Phi) is 4.40. The molecular formula is C20H29N3O2. The number of carbonyl (C=O) groups is 1. The zero-order valence-corrected chi connectivity index (χ0v) is 16.1. The zero-order chi connectivity index (χ0) is 18.4. The van der Waals surface area contributed by atoms with Crippen molar-refractivity contribution in [2.24, 2.45) is 0 Å². The molecule has 0 atom stereocenters. The average Bonchev–Trinajstić information content (AvgIpc) is 2.78. The fourth-order valence-corrected chi connectivity index (χ4v) is 4.42. The number of nitrogens with zero attached hydrogens (tertiary/aromatic N) is 1. The molecule has 5 nitrogen and oxygen atoms in total. The van der Waals surface area contributed by atoms with Crippen molar-refractivity contribution in [3.05, 3.63) is 29.0 Å². The van der Waals surface area contributed by atoms with Crippen LogP contribution in [0.3, 0.4) is 0 Å². The third kappa shape index (κ3) is 4.03. The van der Waals surface area contributed by atoms with Crippen molar-refractivity contribution >= 4 is 16.9 Å². The van der Waals surface area contributed by atoms with Gasteiger partial charge in [-0.3, -0.25) is 4.79 Å². The minimum Gasteiger partial charge on any atom is -0.356 e. The summed E-state index contributed by atoms with van der Waals surface area (Å²) in [6, 6.07) is 4.27. The summed E-state index contributed by atoms with van der Waals surface area (Å²) < 4.78 is 5.45. The number of piperidine rings is 1. The van der Waals surface area contributed by atoms with Crippen LogP contribution in [0.5, 0.6) is 0 Å². The van der Waals surface area contributed by atoms with Crippen LogP contribution in [0.1, 0.15) is 57.4 Å². The molecule has 0 bridgehead atoms. The van der Waals surface area contributed by atoms with E-state index in [9.17, 15) is 4.79 Å². The van der Waals surface area contributed by atoms with Crippen molar-refractivity contribution in [1.82, 2.24) is 15.8 Å². The predicted molar refractivity (Wildman–Crippen MR) is 99.6 cm³/mol. The topological polar surface area (TPSA) is 67.2 Å². The highest BCUT2D eigenvalue weighted by molar-refractivity contribution is 5.88. The molecule has 136 valence electrons. The number of benzene rings is 1. The molecule has 1 fully saturated rings. The maximum Gasteiger partial charge on any atom is 0.226 e. The first-order chi connectivity index (χ1) is 11.5. The second kappa shape index (κ2) is 6.13. The van der Waals surface area contributed by atoms with E-state index in [1.165, 1.54) is 0 Å². The Morgan fingerprint density at radius 1 is 1.24 bits per heavy atom. The molecule has 5 heteroatoms. The molecule has 3 rings (SSSR count). The normalized spacial score (nSPS) is 19.9. The monoisotopic (exact) mass is 343 g/mol. The Morgan fingerprint density at radius 2 is 1.88 bits per heavy atom. The van der Waals surface area contributed by atoms with Crippen LogP contribution in [0.25, 0.3) is 11.0 Å². The summed E-state index contributed by atoms with van der Waals surface area (Å²) in [4.78, 5) is 12.6. The van der Waals surface area contributed by atoms with Crippen LogP contribution in [0.15, 0.2) is 16.7 Å². The van der Waals surface area contributed by atoms with Gasteiger partial charge in [0.1, 0.15) is 5.69 Å². The number of fused-ring (bicyclic) bond motifs is 1. The van der Waals surface area contributed by atoms with Crippen LogP contribution in [-0.2, 0) is 11.2 Å². The number of hydrogen-bond donors (Lipinski definition) is 2. The maximum absolute atomic E-state index is 12.6. The number of nitrogens with one attached hydrogen (secondary N) is 2. The van der Waals surface area contributed by atoms with Crippen LogP contribution in [0.4, 0.5) is 0 Å². The maximum atomic E-state index is 12.6. The molecular weight excluding hydrogens is 314 g/mol. The molecule has 1 amide bonds. The van der Waals surface area contributed by atoms with Crippen LogP contribution < -0.4 is 10.6 Å². The van der Waals surface area contributed by atoms with E-state index in [0.29, 0.717) is 5.69 Å².